The van der Waals surface area contributed by atoms with E-state index in [0.29, 0.717) is 11.5 Å². The van der Waals surface area contributed by atoms with Gasteiger partial charge in [-0.25, -0.2) is 5.43 Å². The van der Waals surface area contributed by atoms with Crippen LogP contribution in [0.3, 0.4) is 0 Å². The van der Waals surface area contributed by atoms with Gasteiger partial charge in [-0.15, -0.1) is 0 Å². The number of aromatic hydroxyl groups is 2. The molecule has 5 nitrogen and oxygen atoms in total. The highest BCUT2D eigenvalue weighted by Gasteiger charge is 2.64. The molecule has 2 fully saturated rings. The summed E-state index contributed by atoms with van der Waals surface area (Å²) in [5, 5.41) is 22.7. The second-order valence-electron chi connectivity index (χ2n) is 6.31. The Bertz CT molecular complexity index is 599. The Labute approximate surface area is 123 Å². The first kappa shape index (κ1) is 13.9. The van der Waals surface area contributed by atoms with Gasteiger partial charge in [0.1, 0.15) is 11.5 Å². The molecule has 3 N–H and O–H groups in total. The molecule has 3 unspecified atom stereocenters. The fourth-order valence-corrected chi connectivity index (χ4v) is 3.73. The minimum atomic E-state index is -0.0694. The number of hydrogen-bond donors (Lipinski definition) is 3. The van der Waals surface area contributed by atoms with Crippen molar-refractivity contribution in [2.75, 3.05) is 0 Å². The summed E-state index contributed by atoms with van der Waals surface area (Å²) in [4.78, 5) is 12.2. The topological polar surface area (TPSA) is 81.9 Å². The molecule has 3 rings (SSSR count). The molecular weight excluding hydrogens is 268 g/mol. The van der Waals surface area contributed by atoms with Gasteiger partial charge < -0.3 is 10.2 Å². The van der Waals surface area contributed by atoms with Crippen molar-refractivity contribution in [2.45, 2.75) is 32.6 Å². The lowest BCUT2D eigenvalue weighted by atomic mass is 9.90. The summed E-state index contributed by atoms with van der Waals surface area (Å²) in [6, 6.07) is 4.23. The number of rotatable bonds is 3. The largest absolute Gasteiger partial charge is 0.508 e. The van der Waals surface area contributed by atoms with Gasteiger partial charge in [0.15, 0.2) is 0 Å². The van der Waals surface area contributed by atoms with E-state index in [1.165, 1.54) is 31.2 Å². The Kier molecular flexibility index (Phi) is 3.35. The number of phenolic OH excluding ortho intramolecular Hbond substituents is 2. The first-order valence-corrected chi connectivity index (χ1v) is 7.37. The molecule has 0 heterocycles. The maximum Gasteiger partial charge on any atom is 0.244 e. The molecular formula is C16H20N2O3. The van der Waals surface area contributed by atoms with E-state index in [4.69, 9.17) is 0 Å². The molecule has 5 heteroatoms. The van der Waals surface area contributed by atoms with Crippen molar-refractivity contribution in [2.24, 2.45) is 22.4 Å². The molecule has 0 aromatic heterocycles. The highest BCUT2D eigenvalue weighted by Crippen LogP contribution is 2.66. The van der Waals surface area contributed by atoms with Gasteiger partial charge in [0.05, 0.1) is 6.21 Å². The van der Waals surface area contributed by atoms with E-state index in [2.05, 4.69) is 17.5 Å². The quantitative estimate of drug-likeness (QED) is 0.590. The molecule has 0 radical (unpaired) electrons. The summed E-state index contributed by atoms with van der Waals surface area (Å²) < 4.78 is 0. The van der Waals surface area contributed by atoms with Crippen molar-refractivity contribution in [1.82, 2.24) is 5.43 Å². The highest BCUT2D eigenvalue weighted by atomic mass is 16.3. The van der Waals surface area contributed by atoms with E-state index in [9.17, 15) is 15.0 Å². The second-order valence-corrected chi connectivity index (χ2v) is 6.31. The van der Waals surface area contributed by atoms with Crippen LogP contribution in [0.4, 0.5) is 0 Å². The minimum Gasteiger partial charge on any atom is -0.508 e. The number of nitrogens with zero attached hydrogens (tertiary/aromatic N) is 1. The fourth-order valence-electron chi connectivity index (χ4n) is 3.73. The number of benzene rings is 1. The number of carbonyl (C=O) groups excluding carboxylic acids is 1. The maximum absolute atomic E-state index is 12.2. The first-order chi connectivity index (χ1) is 10.0. The molecule has 0 spiro atoms. The summed E-state index contributed by atoms with van der Waals surface area (Å²) in [5.74, 6) is 0.469. The average molecular weight is 288 g/mol. The third-order valence-corrected chi connectivity index (χ3v) is 5.01. The van der Waals surface area contributed by atoms with E-state index in [-0.39, 0.29) is 28.7 Å². The molecule has 2 aliphatic rings. The highest BCUT2D eigenvalue weighted by molar-refractivity contribution is 5.87. The molecule has 1 aromatic rings. The van der Waals surface area contributed by atoms with Crippen molar-refractivity contribution in [1.29, 1.82) is 0 Å². The number of carbonyl (C=O) groups is 1. The number of nitrogens with one attached hydrogen (secondary N) is 1. The van der Waals surface area contributed by atoms with Gasteiger partial charge in [-0.1, -0.05) is 19.8 Å². The third kappa shape index (κ3) is 2.48. The van der Waals surface area contributed by atoms with E-state index < -0.39 is 0 Å². The van der Waals surface area contributed by atoms with E-state index in [0.717, 1.165) is 12.8 Å². The summed E-state index contributed by atoms with van der Waals surface area (Å²) in [5.41, 5.74) is 3.19. The average Bonchev–Trinajstić information content (AvgIpc) is 3.07. The summed E-state index contributed by atoms with van der Waals surface area (Å²) in [6.45, 7) is 2.19. The Morgan fingerprint density at radius 1 is 1.43 bits per heavy atom. The van der Waals surface area contributed by atoms with Crippen LogP contribution >= 0.6 is 0 Å². The zero-order valence-corrected chi connectivity index (χ0v) is 12.0. The van der Waals surface area contributed by atoms with Gasteiger partial charge >= 0.3 is 0 Å². The summed E-state index contributed by atoms with van der Waals surface area (Å²) in [7, 11) is 0. The normalized spacial score (nSPS) is 30.9. The SMILES string of the molecule is CC12CCCCC1C2C(=O)N/N=C/c1ccc(O)cc1O. The number of amides is 1. The van der Waals surface area contributed by atoms with Crippen molar-refractivity contribution in [3.05, 3.63) is 23.8 Å². The molecule has 1 amide bonds. The minimum absolute atomic E-state index is 0.0105. The standard InChI is InChI=1S/C16H20N2O3/c1-16-7-3-2-4-12(16)14(16)15(21)18-17-9-10-5-6-11(19)8-13(10)20/h5-6,8-9,12,14,19-20H,2-4,7H2,1H3,(H,18,21)/b17-9+. The van der Waals surface area contributed by atoms with E-state index >= 15 is 0 Å². The lowest BCUT2D eigenvalue weighted by Gasteiger charge is -2.15. The van der Waals surface area contributed by atoms with Gasteiger partial charge in [0.2, 0.25) is 5.91 Å². The second kappa shape index (κ2) is 5.06. The molecule has 0 bridgehead atoms. The third-order valence-electron chi connectivity index (χ3n) is 5.01. The summed E-state index contributed by atoms with van der Waals surface area (Å²) in [6.07, 6.45) is 6.08. The molecule has 0 saturated heterocycles. The van der Waals surface area contributed by atoms with Crippen LogP contribution in [-0.2, 0) is 4.79 Å². The Morgan fingerprint density at radius 3 is 2.90 bits per heavy atom. The van der Waals surface area contributed by atoms with Crippen LogP contribution in [-0.4, -0.2) is 22.3 Å². The molecule has 21 heavy (non-hydrogen) atoms. The number of hydrogen-bond acceptors (Lipinski definition) is 4. The van der Waals surface area contributed by atoms with Crippen LogP contribution in [0.15, 0.2) is 23.3 Å². The molecule has 2 aliphatic carbocycles. The van der Waals surface area contributed by atoms with Crippen molar-refractivity contribution in [3.63, 3.8) is 0 Å². The van der Waals surface area contributed by atoms with E-state index in [1.54, 1.807) is 6.07 Å². The van der Waals surface area contributed by atoms with Crippen LogP contribution in [0.1, 0.15) is 38.2 Å². The molecule has 0 aliphatic heterocycles. The van der Waals surface area contributed by atoms with Crippen molar-refractivity contribution < 1.29 is 15.0 Å². The predicted octanol–water partition coefficient (Wildman–Crippen LogP) is 2.37. The molecule has 112 valence electrons. The van der Waals surface area contributed by atoms with Gasteiger partial charge in [0, 0.05) is 17.5 Å². The molecule has 1 aromatic carbocycles. The Hall–Kier alpha value is -2.04. The Balaban J connectivity index is 1.60. The number of hydrazone groups is 1. The zero-order valence-electron chi connectivity index (χ0n) is 12.0. The van der Waals surface area contributed by atoms with E-state index in [1.807, 2.05) is 0 Å². The lowest BCUT2D eigenvalue weighted by molar-refractivity contribution is -0.123. The van der Waals surface area contributed by atoms with Gasteiger partial charge in [-0.2, -0.15) is 5.10 Å². The molecule has 3 atom stereocenters. The van der Waals surface area contributed by atoms with Crippen LogP contribution in [0.5, 0.6) is 11.5 Å². The maximum atomic E-state index is 12.2. The lowest BCUT2D eigenvalue weighted by Crippen LogP contribution is -2.22. The Morgan fingerprint density at radius 2 is 2.24 bits per heavy atom. The zero-order chi connectivity index (χ0) is 15.0. The van der Waals surface area contributed by atoms with Crippen LogP contribution in [0.25, 0.3) is 0 Å². The van der Waals surface area contributed by atoms with Crippen LogP contribution < -0.4 is 5.43 Å². The van der Waals surface area contributed by atoms with Gasteiger partial charge in [0.25, 0.3) is 0 Å². The molecule has 2 saturated carbocycles. The van der Waals surface area contributed by atoms with Crippen LogP contribution in [0, 0.1) is 17.3 Å². The number of phenols is 2. The van der Waals surface area contributed by atoms with Crippen molar-refractivity contribution in [3.8, 4) is 11.5 Å². The monoisotopic (exact) mass is 288 g/mol. The smallest absolute Gasteiger partial charge is 0.244 e. The van der Waals surface area contributed by atoms with Gasteiger partial charge in [-0.05, 0) is 36.3 Å². The number of fused-ring (bicyclic) bond motifs is 1. The first-order valence-electron chi connectivity index (χ1n) is 7.37. The van der Waals surface area contributed by atoms with Crippen LogP contribution in [0.2, 0.25) is 0 Å². The summed E-state index contributed by atoms with van der Waals surface area (Å²) >= 11 is 0. The van der Waals surface area contributed by atoms with Gasteiger partial charge in [-0.3, -0.25) is 4.79 Å². The fraction of sp³-hybridized carbons (Fsp3) is 0.500. The van der Waals surface area contributed by atoms with Crippen molar-refractivity contribution >= 4 is 12.1 Å². The predicted molar refractivity (Wildman–Crippen MR) is 79.1 cm³/mol.